The molecule has 0 aliphatic heterocycles. The van der Waals surface area contributed by atoms with Crippen LogP contribution < -0.4 is 15.5 Å². The lowest BCUT2D eigenvalue weighted by Crippen LogP contribution is -2.22. The van der Waals surface area contributed by atoms with Gasteiger partial charge >= 0.3 is 0 Å². The number of fused-ring (bicyclic) bond motifs is 1. The molecule has 0 saturated heterocycles. The van der Waals surface area contributed by atoms with Crippen LogP contribution in [0.4, 0.5) is 5.69 Å². The molecule has 4 rings (SSSR count). The van der Waals surface area contributed by atoms with Crippen molar-refractivity contribution in [3.63, 3.8) is 0 Å². The molecule has 3 aromatic rings. The summed E-state index contributed by atoms with van der Waals surface area (Å²) in [5, 5.41) is 7.21. The minimum Gasteiger partial charge on any atom is -0.497 e. The van der Waals surface area contributed by atoms with Gasteiger partial charge in [-0.15, -0.1) is 0 Å². The van der Waals surface area contributed by atoms with Crippen molar-refractivity contribution >= 4 is 39.1 Å². The number of hydrogen-bond donors (Lipinski definition) is 2. The number of carbonyl (C=O) groups excluding carboxylic acids is 2. The number of methoxy groups -OCH3 is 1. The van der Waals surface area contributed by atoms with Gasteiger partial charge in [-0.25, -0.2) is 5.43 Å². The zero-order chi connectivity index (χ0) is 22.7. The molecule has 8 heteroatoms. The summed E-state index contributed by atoms with van der Waals surface area (Å²) in [5.41, 5.74) is 5.95. The number of nitrogens with zero attached hydrogens (tertiary/aromatic N) is 1. The summed E-state index contributed by atoms with van der Waals surface area (Å²) in [6.07, 6.45) is 2.22. The van der Waals surface area contributed by atoms with Gasteiger partial charge in [0.1, 0.15) is 11.5 Å². The van der Waals surface area contributed by atoms with E-state index in [1.807, 2.05) is 6.92 Å². The van der Waals surface area contributed by atoms with Crippen LogP contribution in [-0.2, 0) is 6.42 Å². The number of benzene rings is 2. The largest absolute Gasteiger partial charge is 0.497 e. The average Bonchev–Trinajstić information content (AvgIpc) is 3.15. The monoisotopic (exact) mass is 495 g/mol. The highest BCUT2D eigenvalue weighted by molar-refractivity contribution is 9.10. The van der Waals surface area contributed by atoms with E-state index < -0.39 is 0 Å². The molecule has 0 bridgehead atoms. The van der Waals surface area contributed by atoms with Crippen molar-refractivity contribution in [3.8, 4) is 5.75 Å². The molecular formula is C24H22BrN3O4. The van der Waals surface area contributed by atoms with Gasteiger partial charge in [0.25, 0.3) is 11.8 Å². The Morgan fingerprint density at radius 2 is 1.88 bits per heavy atom. The van der Waals surface area contributed by atoms with Crippen LogP contribution in [-0.4, -0.2) is 24.6 Å². The number of rotatable bonds is 5. The second-order valence-corrected chi connectivity index (χ2v) is 8.32. The van der Waals surface area contributed by atoms with E-state index in [1.165, 1.54) is 0 Å². The summed E-state index contributed by atoms with van der Waals surface area (Å²) in [4.78, 5) is 25.3. The van der Waals surface area contributed by atoms with Crippen LogP contribution in [0.25, 0.3) is 0 Å². The van der Waals surface area contributed by atoms with Crippen LogP contribution >= 0.6 is 15.9 Å². The molecule has 0 fully saturated rings. The fourth-order valence-corrected chi connectivity index (χ4v) is 3.93. The molecule has 164 valence electrons. The number of ether oxygens (including phenoxy) is 1. The lowest BCUT2D eigenvalue weighted by molar-refractivity contribution is 0.0953. The van der Waals surface area contributed by atoms with Crippen molar-refractivity contribution in [2.45, 2.75) is 26.2 Å². The second-order valence-electron chi connectivity index (χ2n) is 7.40. The first-order valence-electron chi connectivity index (χ1n) is 10.2. The van der Waals surface area contributed by atoms with E-state index in [4.69, 9.17) is 9.15 Å². The summed E-state index contributed by atoms with van der Waals surface area (Å²) in [7, 11) is 1.57. The Kier molecular flexibility index (Phi) is 6.41. The number of nitrogens with one attached hydrogen (secondary N) is 2. The third kappa shape index (κ3) is 4.60. The molecule has 2 aromatic carbocycles. The maximum atomic E-state index is 12.9. The van der Waals surface area contributed by atoms with Crippen molar-refractivity contribution < 1.29 is 18.7 Å². The highest BCUT2D eigenvalue weighted by Gasteiger charge is 2.28. The number of aryl methyl sites for hydroxylation is 1. The molecule has 1 aromatic heterocycles. The number of anilines is 1. The first-order valence-corrected chi connectivity index (χ1v) is 11.0. The van der Waals surface area contributed by atoms with Crippen LogP contribution in [0.5, 0.6) is 5.75 Å². The SMILES string of the molecule is COc1cccc(NC(=O)c2oc3c(c2C)/C(=N/NC(=O)c2ccc(Br)cc2)CCC3)c1. The highest BCUT2D eigenvalue weighted by Crippen LogP contribution is 2.30. The molecule has 2 N–H and O–H groups in total. The van der Waals surface area contributed by atoms with Crippen LogP contribution in [0.2, 0.25) is 0 Å². The Morgan fingerprint density at radius 3 is 2.62 bits per heavy atom. The van der Waals surface area contributed by atoms with E-state index in [-0.39, 0.29) is 17.6 Å². The number of halogens is 1. The predicted octanol–water partition coefficient (Wildman–Crippen LogP) is 5.08. The van der Waals surface area contributed by atoms with E-state index >= 15 is 0 Å². The minimum absolute atomic E-state index is 0.242. The third-order valence-corrected chi connectivity index (χ3v) is 5.79. The Balaban J connectivity index is 1.55. The Hall–Kier alpha value is -3.39. The molecule has 2 amide bonds. The number of carbonyl (C=O) groups is 2. The summed E-state index contributed by atoms with van der Waals surface area (Å²) in [6, 6.07) is 14.2. The van der Waals surface area contributed by atoms with Gasteiger partial charge in [-0.2, -0.15) is 5.10 Å². The third-order valence-electron chi connectivity index (χ3n) is 5.26. The molecule has 0 saturated carbocycles. The molecule has 1 aliphatic carbocycles. The van der Waals surface area contributed by atoms with Gasteiger partial charge < -0.3 is 14.5 Å². The van der Waals surface area contributed by atoms with Gasteiger partial charge in [-0.05, 0) is 56.2 Å². The summed E-state index contributed by atoms with van der Waals surface area (Å²) >= 11 is 3.36. The zero-order valence-electron chi connectivity index (χ0n) is 17.7. The van der Waals surface area contributed by atoms with E-state index in [2.05, 4.69) is 31.8 Å². The highest BCUT2D eigenvalue weighted by atomic mass is 79.9. The molecule has 0 radical (unpaired) electrons. The predicted molar refractivity (Wildman–Crippen MR) is 125 cm³/mol. The Labute approximate surface area is 194 Å². The second kappa shape index (κ2) is 9.40. The topological polar surface area (TPSA) is 92.9 Å². The number of hydrazone groups is 1. The number of furan rings is 1. The Bertz CT molecular complexity index is 1200. The minimum atomic E-state index is -0.344. The van der Waals surface area contributed by atoms with Crippen molar-refractivity contribution in [1.82, 2.24) is 5.43 Å². The standard InChI is InChI=1S/C24H22BrN3O4/c1-14-21-19(27-28-23(29)15-9-11-16(25)12-10-15)7-4-8-20(21)32-22(14)24(30)26-17-5-3-6-18(13-17)31-2/h3,5-6,9-13H,4,7-8H2,1-2H3,(H,26,30)(H,28,29)/b27-19+. The first kappa shape index (κ1) is 21.8. The molecular weight excluding hydrogens is 474 g/mol. The molecule has 0 atom stereocenters. The smallest absolute Gasteiger partial charge is 0.291 e. The normalized spacial score (nSPS) is 14.0. The van der Waals surface area contributed by atoms with Crippen LogP contribution in [0.15, 0.2) is 62.5 Å². The molecule has 7 nitrogen and oxygen atoms in total. The molecule has 32 heavy (non-hydrogen) atoms. The first-order chi connectivity index (χ1) is 15.5. The lowest BCUT2D eigenvalue weighted by atomic mass is 9.93. The number of hydrogen-bond acceptors (Lipinski definition) is 5. The van der Waals surface area contributed by atoms with Gasteiger partial charge in [0.15, 0.2) is 5.76 Å². The van der Waals surface area contributed by atoms with Crippen LogP contribution in [0.3, 0.4) is 0 Å². The van der Waals surface area contributed by atoms with Crippen molar-refractivity contribution in [2.24, 2.45) is 5.10 Å². The van der Waals surface area contributed by atoms with Gasteiger partial charge in [-0.3, -0.25) is 9.59 Å². The van der Waals surface area contributed by atoms with Gasteiger partial charge in [0.05, 0.1) is 12.8 Å². The molecule has 0 unspecified atom stereocenters. The van der Waals surface area contributed by atoms with E-state index in [0.29, 0.717) is 46.9 Å². The molecule has 1 aliphatic rings. The van der Waals surface area contributed by atoms with E-state index in [9.17, 15) is 9.59 Å². The van der Waals surface area contributed by atoms with E-state index in [1.54, 1.807) is 55.6 Å². The lowest BCUT2D eigenvalue weighted by Gasteiger charge is -2.13. The van der Waals surface area contributed by atoms with Crippen molar-refractivity contribution in [3.05, 3.63) is 81.2 Å². The number of amides is 2. The summed E-state index contributed by atoms with van der Waals surface area (Å²) in [6.45, 7) is 1.83. The van der Waals surface area contributed by atoms with Crippen LogP contribution in [0.1, 0.15) is 50.6 Å². The van der Waals surface area contributed by atoms with Crippen molar-refractivity contribution in [2.75, 3.05) is 12.4 Å². The molecule has 1 heterocycles. The quantitative estimate of drug-likeness (QED) is 0.482. The molecule has 0 spiro atoms. The zero-order valence-corrected chi connectivity index (χ0v) is 19.3. The fourth-order valence-electron chi connectivity index (χ4n) is 3.67. The van der Waals surface area contributed by atoms with Crippen molar-refractivity contribution in [1.29, 1.82) is 0 Å². The summed E-state index contributed by atoms with van der Waals surface area (Å²) < 4.78 is 12.0. The summed E-state index contributed by atoms with van der Waals surface area (Å²) in [5.74, 6) is 0.958. The van der Waals surface area contributed by atoms with Crippen LogP contribution in [0, 0.1) is 6.92 Å². The maximum absolute atomic E-state index is 12.9. The van der Waals surface area contributed by atoms with Gasteiger partial charge in [0.2, 0.25) is 0 Å². The van der Waals surface area contributed by atoms with Gasteiger partial charge in [-0.1, -0.05) is 22.0 Å². The van der Waals surface area contributed by atoms with E-state index in [0.717, 1.165) is 16.5 Å². The maximum Gasteiger partial charge on any atom is 0.291 e. The fraction of sp³-hybridized carbons (Fsp3) is 0.208. The van der Waals surface area contributed by atoms with Gasteiger partial charge in [0, 0.05) is 39.3 Å². The average molecular weight is 496 g/mol. The Morgan fingerprint density at radius 1 is 1.09 bits per heavy atom.